The molecule has 0 aromatic heterocycles. The summed E-state index contributed by atoms with van der Waals surface area (Å²) in [4.78, 5) is 24.6. The molecule has 1 saturated heterocycles. The maximum Gasteiger partial charge on any atom is 0.303 e. The topological polar surface area (TPSA) is 77.8 Å². The molecule has 1 fully saturated rings. The molecule has 6 heteroatoms. The van der Waals surface area contributed by atoms with Crippen LogP contribution in [0, 0.1) is 11.7 Å². The number of halogens is 1. The number of rotatable bonds is 6. The van der Waals surface area contributed by atoms with Crippen molar-refractivity contribution in [1.29, 1.82) is 0 Å². The van der Waals surface area contributed by atoms with Gasteiger partial charge in [0.15, 0.2) is 0 Å². The second kappa shape index (κ2) is 8.06. The Morgan fingerprint density at radius 3 is 2.87 bits per heavy atom. The number of amides is 1. The van der Waals surface area contributed by atoms with Gasteiger partial charge in [0.2, 0.25) is 5.91 Å². The van der Waals surface area contributed by atoms with Gasteiger partial charge in [-0.05, 0) is 42.9 Å². The van der Waals surface area contributed by atoms with Crippen LogP contribution in [0.4, 0.5) is 4.39 Å². The van der Waals surface area contributed by atoms with Crippen molar-refractivity contribution >= 4 is 11.9 Å². The number of carboxylic acids is 1. The second-order valence-corrected chi connectivity index (χ2v) is 6.06. The van der Waals surface area contributed by atoms with Gasteiger partial charge in [-0.25, -0.2) is 4.39 Å². The average molecular weight is 323 g/mol. The molecule has 0 saturated carbocycles. The number of nitrogens with zero attached hydrogens (tertiary/aromatic N) is 1. The first-order chi connectivity index (χ1) is 11.0. The highest BCUT2D eigenvalue weighted by Gasteiger charge is 2.25. The Morgan fingerprint density at radius 2 is 2.17 bits per heavy atom. The molecule has 1 amide bonds. The summed E-state index contributed by atoms with van der Waals surface area (Å²) in [5, 5.41) is 18.8. The fourth-order valence-corrected chi connectivity index (χ4v) is 2.98. The Balaban J connectivity index is 1.88. The molecule has 1 aromatic rings. The molecule has 1 aliphatic heterocycles. The van der Waals surface area contributed by atoms with Gasteiger partial charge in [-0.2, -0.15) is 0 Å². The lowest BCUT2D eigenvalue weighted by atomic mass is 9.93. The Morgan fingerprint density at radius 1 is 1.39 bits per heavy atom. The lowest BCUT2D eigenvalue weighted by molar-refractivity contribution is -0.137. The van der Waals surface area contributed by atoms with E-state index in [2.05, 4.69) is 0 Å². The van der Waals surface area contributed by atoms with E-state index in [4.69, 9.17) is 5.11 Å². The Hall–Kier alpha value is -1.95. The molecule has 0 radical (unpaired) electrons. The minimum atomic E-state index is -1.03. The van der Waals surface area contributed by atoms with Gasteiger partial charge in [0.25, 0.3) is 0 Å². The van der Waals surface area contributed by atoms with E-state index in [9.17, 15) is 19.1 Å². The maximum atomic E-state index is 13.2. The Labute approximate surface area is 134 Å². The lowest BCUT2D eigenvalue weighted by Crippen LogP contribution is -2.40. The van der Waals surface area contributed by atoms with Crippen LogP contribution in [0.2, 0.25) is 0 Å². The van der Waals surface area contributed by atoms with Gasteiger partial charge in [-0.15, -0.1) is 0 Å². The number of piperidine rings is 1. The highest BCUT2D eigenvalue weighted by atomic mass is 19.1. The number of carbonyl (C=O) groups excluding carboxylic acids is 1. The predicted molar refractivity (Wildman–Crippen MR) is 82.2 cm³/mol. The first-order valence-corrected chi connectivity index (χ1v) is 7.89. The molecule has 1 aromatic carbocycles. The predicted octanol–water partition coefficient (Wildman–Crippen LogP) is 2.35. The summed E-state index contributed by atoms with van der Waals surface area (Å²) >= 11 is 0. The fraction of sp³-hybridized carbons (Fsp3) is 0.529. The number of aliphatic hydroxyl groups excluding tert-OH is 1. The van der Waals surface area contributed by atoms with Gasteiger partial charge in [0.05, 0.1) is 12.5 Å². The Bertz CT molecular complexity index is 563. The SMILES string of the molecule is O=C(O)CC[C@H]1CCCN(C(=O)C[C@H](O)c2cccc(F)c2)C1. The zero-order valence-corrected chi connectivity index (χ0v) is 12.9. The minimum Gasteiger partial charge on any atom is -0.481 e. The summed E-state index contributed by atoms with van der Waals surface area (Å²) in [5.41, 5.74) is 0.387. The molecular weight excluding hydrogens is 301 g/mol. The zero-order chi connectivity index (χ0) is 16.8. The van der Waals surface area contributed by atoms with Gasteiger partial charge >= 0.3 is 5.97 Å². The summed E-state index contributed by atoms with van der Waals surface area (Å²) in [5.74, 6) is -1.26. The molecule has 0 unspecified atom stereocenters. The number of benzene rings is 1. The van der Waals surface area contributed by atoms with E-state index in [0.29, 0.717) is 25.1 Å². The van der Waals surface area contributed by atoms with Crippen molar-refractivity contribution in [1.82, 2.24) is 4.90 Å². The molecule has 1 heterocycles. The van der Waals surface area contributed by atoms with Crippen LogP contribution in [0.25, 0.3) is 0 Å². The van der Waals surface area contributed by atoms with Crippen molar-refractivity contribution in [3.05, 3.63) is 35.6 Å². The quantitative estimate of drug-likeness (QED) is 0.842. The summed E-state index contributed by atoms with van der Waals surface area (Å²) in [6, 6.07) is 5.60. The van der Waals surface area contributed by atoms with Crippen LogP contribution in [0.15, 0.2) is 24.3 Å². The van der Waals surface area contributed by atoms with Crippen LogP contribution in [0.5, 0.6) is 0 Å². The molecule has 2 rings (SSSR count). The van der Waals surface area contributed by atoms with Crippen molar-refractivity contribution in [2.24, 2.45) is 5.92 Å². The number of carboxylic acid groups (broad SMARTS) is 1. The van der Waals surface area contributed by atoms with Crippen molar-refractivity contribution in [3.63, 3.8) is 0 Å². The van der Waals surface area contributed by atoms with Gasteiger partial charge in [0, 0.05) is 19.5 Å². The van der Waals surface area contributed by atoms with Crippen LogP contribution < -0.4 is 0 Å². The van der Waals surface area contributed by atoms with Crippen molar-refractivity contribution in [2.45, 2.75) is 38.2 Å². The molecule has 2 atom stereocenters. The number of aliphatic hydroxyl groups is 1. The van der Waals surface area contributed by atoms with Crippen LogP contribution in [-0.4, -0.2) is 40.1 Å². The minimum absolute atomic E-state index is 0.0882. The first kappa shape index (κ1) is 17.4. The molecule has 126 valence electrons. The number of hydrogen-bond donors (Lipinski definition) is 2. The first-order valence-electron chi connectivity index (χ1n) is 7.89. The third kappa shape index (κ3) is 5.32. The van der Waals surface area contributed by atoms with Crippen molar-refractivity contribution < 1.29 is 24.2 Å². The number of aliphatic carboxylic acids is 1. The molecule has 1 aliphatic rings. The van der Waals surface area contributed by atoms with E-state index in [1.807, 2.05) is 0 Å². The number of carbonyl (C=O) groups is 2. The van der Waals surface area contributed by atoms with Crippen LogP contribution in [-0.2, 0) is 9.59 Å². The molecule has 23 heavy (non-hydrogen) atoms. The molecular formula is C17H22FNO4. The lowest BCUT2D eigenvalue weighted by Gasteiger charge is -2.33. The molecule has 0 spiro atoms. The van der Waals surface area contributed by atoms with Gasteiger partial charge in [0.1, 0.15) is 5.82 Å². The Kier molecular flexibility index (Phi) is 6.10. The summed E-state index contributed by atoms with van der Waals surface area (Å²) in [7, 11) is 0. The summed E-state index contributed by atoms with van der Waals surface area (Å²) in [6.45, 7) is 1.15. The monoisotopic (exact) mass is 323 g/mol. The highest BCUT2D eigenvalue weighted by molar-refractivity contribution is 5.77. The number of likely N-dealkylation sites (tertiary alicyclic amines) is 1. The standard InChI is InChI=1S/C17H22FNO4/c18-14-5-1-4-13(9-14)15(20)10-16(21)19-8-2-3-12(11-19)6-7-17(22)23/h1,4-5,9,12,15,20H,2-3,6-8,10-11H2,(H,22,23)/t12-,15+/m1/s1. The largest absolute Gasteiger partial charge is 0.481 e. The van der Waals surface area contributed by atoms with E-state index in [0.717, 1.165) is 12.8 Å². The van der Waals surface area contributed by atoms with E-state index in [1.165, 1.54) is 18.2 Å². The van der Waals surface area contributed by atoms with Gasteiger partial charge < -0.3 is 15.1 Å². The number of hydrogen-bond acceptors (Lipinski definition) is 3. The van der Waals surface area contributed by atoms with E-state index in [-0.39, 0.29) is 24.7 Å². The summed E-state index contributed by atoms with van der Waals surface area (Å²) in [6.07, 6.45) is 1.31. The van der Waals surface area contributed by atoms with Gasteiger partial charge in [-0.1, -0.05) is 12.1 Å². The van der Waals surface area contributed by atoms with E-state index < -0.39 is 17.9 Å². The molecule has 2 N–H and O–H groups in total. The van der Waals surface area contributed by atoms with Crippen LogP contribution in [0.1, 0.15) is 43.8 Å². The highest BCUT2D eigenvalue weighted by Crippen LogP contribution is 2.24. The van der Waals surface area contributed by atoms with Crippen molar-refractivity contribution in [2.75, 3.05) is 13.1 Å². The fourth-order valence-electron chi connectivity index (χ4n) is 2.98. The maximum absolute atomic E-state index is 13.2. The van der Waals surface area contributed by atoms with Crippen LogP contribution in [0.3, 0.4) is 0 Å². The van der Waals surface area contributed by atoms with Crippen LogP contribution >= 0.6 is 0 Å². The molecule has 0 aliphatic carbocycles. The van der Waals surface area contributed by atoms with E-state index in [1.54, 1.807) is 11.0 Å². The van der Waals surface area contributed by atoms with Gasteiger partial charge in [-0.3, -0.25) is 9.59 Å². The average Bonchev–Trinajstić information content (AvgIpc) is 2.53. The van der Waals surface area contributed by atoms with E-state index >= 15 is 0 Å². The molecule has 5 nitrogen and oxygen atoms in total. The smallest absolute Gasteiger partial charge is 0.303 e. The third-order valence-electron chi connectivity index (χ3n) is 4.24. The zero-order valence-electron chi connectivity index (χ0n) is 12.9. The summed E-state index contributed by atoms with van der Waals surface area (Å²) < 4.78 is 13.2. The second-order valence-electron chi connectivity index (χ2n) is 6.06. The third-order valence-corrected chi connectivity index (χ3v) is 4.24. The normalized spacial score (nSPS) is 19.4. The van der Waals surface area contributed by atoms with Crippen molar-refractivity contribution in [3.8, 4) is 0 Å². The molecule has 0 bridgehead atoms.